The van der Waals surface area contributed by atoms with Crippen molar-refractivity contribution in [3.05, 3.63) is 28.4 Å². The average molecular weight is 321 g/mol. The number of aromatic nitrogens is 1. The molecule has 2 rings (SSSR count). The fraction of sp³-hybridized carbons (Fsp3) is 0.600. The molecule has 1 fully saturated rings. The summed E-state index contributed by atoms with van der Waals surface area (Å²) in [4.78, 5) is 30.7. The van der Waals surface area contributed by atoms with Gasteiger partial charge in [0.15, 0.2) is 0 Å². The van der Waals surface area contributed by atoms with Gasteiger partial charge in [-0.15, -0.1) is 0 Å². The number of nitro groups is 1. The fourth-order valence-electron chi connectivity index (χ4n) is 2.55. The van der Waals surface area contributed by atoms with Crippen molar-refractivity contribution in [1.82, 2.24) is 15.2 Å². The molecule has 0 aromatic carbocycles. The zero-order chi connectivity index (χ0) is 17.0. The van der Waals surface area contributed by atoms with Crippen molar-refractivity contribution in [1.29, 1.82) is 0 Å². The van der Waals surface area contributed by atoms with Gasteiger partial charge >= 0.3 is 5.69 Å². The van der Waals surface area contributed by atoms with Crippen LogP contribution in [0.1, 0.15) is 20.8 Å². The molecule has 23 heavy (non-hydrogen) atoms. The molecule has 0 saturated carbocycles. The number of piperazine rings is 1. The summed E-state index contributed by atoms with van der Waals surface area (Å²) in [5.41, 5.74) is -0.223. The number of amides is 1. The Morgan fingerprint density at radius 2 is 2.00 bits per heavy atom. The summed E-state index contributed by atoms with van der Waals surface area (Å²) in [5.74, 6) is 0.394. The molecule has 1 aliphatic rings. The molecule has 8 nitrogen and oxygen atoms in total. The smallest absolute Gasteiger partial charge is 0.311 e. The van der Waals surface area contributed by atoms with Crippen LogP contribution in [0.4, 0.5) is 11.5 Å². The van der Waals surface area contributed by atoms with Crippen LogP contribution >= 0.6 is 0 Å². The number of nitrogens with one attached hydrogen (secondary N) is 1. The summed E-state index contributed by atoms with van der Waals surface area (Å²) >= 11 is 0. The minimum absolute atomic E-state index is 0.00485. The average Bonchev–Trinajstić information content (AvgIpc) is 2.46. The zero-order valence-electron chi connectivity index (χ0n) is 13.8. The molecule has 0 spiro atoms. The molecule has 0 bridgehead atoms. The molecule has 0 aliphatic carbocycles. The third kappa shape index (κ3) is 4.88. The number of carbonyl (C=O) groups is 1. The van der Waals surface area contributed by atoms with Crippen LogP contribution in [0.15, 0.2) is 18.3 Å². The number of carbonyl (C=O) groups excluding carboxylic acids is 1. The van der Waals surface area contributed by atoms with E-state index in [1.807, 2.05) is 30.6 Å². The Kier molecular flexibility index (Phi) is 5.15. The molecule has 2 heterocycles. The van der Waals surface area contributed by atoms with Gasteiger partial charge in [0.2, 0.25) is 11.7 Å². The first kappa shape index (κ1) is 17.1. The highest BCUT2D eigenvalue weighted by atomic mass is 16.6. The van der Waals surface area contributed by atoms with E-state index in [1.165, 1.54) is 6.07 Å². The molecule has 1 aliphatic heterocycles. The second-order valence-electron chi connectivity index (χ2n) is 6.66. The highest BCUT2D eigenvalue weighted by molar-refractivity contribution is 5.78. The van der Waals surface area contributed by atoms with Crippen molar-refractivity contribution in [3.8, 4) is 0 Å². The standard InChI is InChI=1S/C15H23N5O3/c1-15(2,3)17-13(21)11-18-7-9-19(10-8-18)14-12(20(22)23)5-4-6-16-14/h4-6H,7-11H2,1-3H3,(H,17,21). The van der Waals surface area contributed by atoms with Crippen molar-refractivity contribution in [3.63, 3.8) is 0 Å². The van der Waals surface area contributed by atoms with Gasteiger partial charge in [0, 0.05) is 44.0 Å². The molecule has 1 amide bonds. The highest BCUT2D eigenvalue weighted by Crippen LogP contribution is 2.25. The lowest BCUT2D eigenvalue weighted by molar-refractivity contribution is -0.384. The minimum Gasteiger partial charge on any atom is -0.350 e. The molecule has 0 unspecified atom stereocenters. The quantitative estimate of drug-likeness (QED) is 0.658. The van der Waals surface area contributed by atoms with Gasteiger partial charge < -0.3 is 10.2 Å². The molecule has 0 radical (unpaired) electrons. The van der Waals surface area contributed by atoms with Crippen LogP contribution in [-0.2, 0) is 4.79 Å². The number of rotatable bonds is 4. The summed E-state index contributed by atoms with van der Waals surface area (Å²) in [6.07, 6.45) is 1.56. The van der Waals surface area contributed by atoms with Gasteiger partial charge in [0.05, 0.1) is 11.5 Å². The Morgan fingerprint density at radius 3 is 2.57 bits per heavy atom. The SMILES string of the molecule is CC(C)(C)NC(=O)CN1CCN(c2ncccc2[N+](=O)[O-])CC1. The zero-order valence-corrected chi connectivity index (χ0v) is 13.8. The molecule has 126 valence electrons. The van der Waals surface area contributed by atoms with E-state index in [0.717, 1.165) is 0 Å². The van der Waals surface area contributed by atoms with E-state index in [1.54, 1.807) is 12.3 Å². The van der Waals surface area contributed by atoms with E-state index in [4.69, 9.17) is 0 Å². The number of pyridine rings is 1. The number of hydrogen-bond donors (Lipinski definition) is 1. The third-order valence-electron chi connectivity index (χ3n) is 3.52. The Labute approximate surface area is 135 Å². The van der Waals surface area contributed by atoms with Crippen molar-refractivity contribution >= 4 is 17.4 Å². The first-order valence-corrected chi connectivity index (χ1v) is 7.64. The van der Waals surface area contributed by atoms with E-state index in [-0.39, 0.29) is 17.1 Å². The summed E-state index contributed by atoms with van der Waals surface area (Å²) in [6, 6.07) is 3.03. The van der Waals surface area contributed by atoms with Crippen LogP contribution in [0.5, 0.6) is 0 Å². The van der Waals surface area contributed by atoms with Gasteiger partial charge in [-0.2, -0.15) is 0 Å². The molecule has 1 aromatic heterocycles. The number of nitrogens with zero attached hydrogens (tertiary/aromatic N) is 4. The van der Waals surface area contributed by atoms with Gasteiger partial charge in [-0.25, -0.2) is 4.98 Å². The number of anilines is 1. The summed E-state index contributed by atoms with van der Waals surface area (Å²) in [7, 11) is 0. The fourth-order valence-corrected chi connectivity index (χ4v) is 2.55. The highest BCUT2D eigenvalue weighted by Gasteiger charge is 2.26. The molecular formula is C15H23N5O3. The van der Waals surface area contributed by atoms with Crippen molar-refractivity contribution in [2.45, 2.75) is 26.3 Å². The third-order valence-corrected chi connectivity index (χ3v) is 3.52. The van der Waals surface area contributed by atoms with Crippen LogP contribution in [0.3, 0.4) is 0 Å². The monoisotopic (exact) mass is 321 g/mol. The van der Waals surface area contributed by atoms with Gasteiger partial charge in [-0.3, -0.25) is 19.8 Å². The maximum absolute atomic E-state index is 12.0. The van der Waals surface area contributed by atoms with Crippen molar-refractivity contribution in [2.75, 3.05) is 37.6 Å². The normalized spacial score (nSPS) is 16.2. The van der Waals surface area contributed by atoms with E-state index in [9.17, 15) is 14.9 Å². The summed E-state index contributed by atoms with van der Waals surface area (Å²) in [5, 5.41) is 14.0. The second-order valence-corrected chi connectivity index (χ2v) is 6.66. The van der Waals surface area contributed by atoms with Crippen LogP contribution < -0.4 is 10.2 Å². The predicted octanol–water partition coefficient (Wildman–Crippen LogP) is 1.03. The van der Waals surface area contributed by atoms with Gasteiger partial charge in [0.25, 0.3) is 0 Å². The summed E-state index contributed by atoms with van der Waals surface area (Å²) < 4.78 is 0. The van der Waals surface area contributed by atoms with Crippen LogP contribution in [0.25, 0.3) is 0 Å². The number of hydrogen-bond acceptors (Lipinski definition) is 6. The molecule has 1 N–H and O–H groups in total. The maximum atomic E-state index is 12.0. The Hall–Kier alpha value is -2.22. The second kappa shape index (κ2) is 6.91. The molecule has 0 atom stereocenters. The van der Waals surface area contributed by atoms with Crippen LogP contribution in [0, 0.1) is 10.1 Å². The topological polar surface area (TPSA) is 91.6 Å². The lowest BCUT2D eigenvalue weighted by atomic mass is 10.1. The van der Waals surface area contributed by atoms with E-state index < -0.39 is 4.92 Å². The Morgan fingerprint density at radius 1 is 1.35 bits per heavy atom. The van der Waals surface area contributed by atoms with Gasteiger partial charge in [-0.05, 0) is 26.8 Å². The Bertz CT molecular complexity index is 577. The van der Waals surface area contributed by atoms with E-state index in [2.05, 4.69) is 10.3 Å². The molecule has 8 heteroatoms. The first-order chi connectivity index (χ1) is 10.8. The summed E-state index contributed by atoms with van der Waals surface area (Å²) in [6.45, 7) is 8.75. The van der Waals surface area contributed by atoms with Gasteiger partial charge in [-0.1, -0.05) is 0 Å². The largest absolute Gasteiger partial charge is 0.350 e. The minimum atomic E-state index is -0.411. The van der Waals surface area contributed by atoms with Crippen molar-refractivity contribution < 1.29 is 9.72 Å². The molecule has 1 saturated heterocycles. The van der Waals surface area contributed by atoms with Crippen LogP contribution in [-0.4, -0.2) is 59.0 Å². The predicted molar refractivity (Wildman–Crippen MR) is 87.4 cm³/mol. The Balaban J connectivity index is 1.92. The first-order valence-electron chi connectivity index (χ1n) is 7.64. The van der Waals surface area contributed by atoms with E-state index >= 15 is 0 Å². The van der Waals surface area contributed by atoms with Crippen LogP contribution in [0.2, 0.25) is 0 Å². The molecular weight excluding hydrogens is 298 g/mol. The molecule has 1 aromatic rings. The lowest BCUT2D eigenvalue weighted by Gasteiger charge is -2.35. The maximum Gasteiger partial charge on any atom is 0.311 e. The van der Waals surface area contributed by atoms with Crippen molar-refractivity contribution in [2.24, 2.45) is 0 Å². The van der Waals surface area contributed by atoms with E-state index in [0.29, 0.717) is 38.5 Å². The lowest BCUT2D eigenvalue weighted by Crippen LogP contribution is -2.52. The van der Waals surface area contributed by atoms with Gasteiger partial charge in [0.1, 0.15) is 0 Å².